The summed E-state index contributed by atoms with van der Waals surface area (Å²) in [6, 6.07) is 6.39. The van der Waals surface area contributed by atoms with E-state index in [1.54, 1.807) is 18.8 Å². The molecule has 2 aromatic rings. The molecule has 1 aliphatic heterocycles. The number of pyridine rings is 1. The first-order valence-electron chi connectivity index (χ1n) is 10.8. The van der Waals surface area contributed by atoms with E-state index in [0.717, 1.165) is 6.07 Å². The number of alkyl halides is 4. The Kier molecular flexibility index (Phi) is 7.67. The van der Waals surface area contributed by atoms with Crippen LogP contribution >= 0.6 is 0 Å². The van der Waals surface area contributed by atoms with Crippen LogP contribution in [0.15, 0.2) is 35.1 Å². The predicted molar refractivity (Wildman–Crippen MR) is 115 cm³/mol. The van der Waals surface area contributed by atoms with Crippen LogP contribution in [0, 0.1) is 0 Å². The third-order valence-corrected chi connectivity index (χ3v) is 5.87. The molecule has 7 nitrogen and oxygen atoms in total. The fourth-order valence-corrected chi connectivity index (χ4v) is 3.77. The number of ether oxygens (including phenoxy) is 3. The first-order valence-corrected chi connectivity index (χ1v) is 10.8. The van der Waals surface area contributed by atoms with E-state index in [0.29, 0.717) is 5.75 Å². The van der Waals surface area contributed by atoms with Crippen LogP contribution in [0.5, 0.6) is 5.75 Å². The van der Waals surface area contributed by atoms with Gasteiger partial charge in [-0.1, -0.05) is 26.0 Å². The molecule has 1 aromatic heterocycles. The molecule has 3 N–H and O–H groups in total. The Hall–Kier alpha value is -2.92. The van der Waals surface area contributed by atoms with E-state index in [1.807, 2.05) is 0 Å². The lowest BCUT2D eigenvalue weighted by molar-refractivity contribution is -0.193. The molecule has 11 heteroatoms. The molecule has 1 saturated heterocycles. The summed E-state index contributed by atoms with van der Waals surface area (Å²) in [6.45, 7) is 3.91. The van der Waals surface area contributed by atoms with Crippen LogP contribution in [-0.2, 0) is 15.7 Å². The van der Waals surface area contributed by atoms with Gasteiger partial charge in [-0.3, -0.25) is 9.59 Å². The van der Waals surface area contributed by atoms with Crippen molar-refractivity contribution in [2.45, 2.75) is 50.7 Å². The van der Waals surface area contributed by atoms with Crippen molar-refractivity contribution in [1.82, 2.24) is 4.98 Å². The normalized spacial score (nSPS) is 19.1. The van der Waals surface area contributed by atoms with Gasteiger partial charge in [0.1, 0.15) is 41.5 Å². The Morgan fingerprint density at radius 1 is 1.15 bits per heavy atom. The summed E-state index contributed by atoms with van der Waals surface area (Å²) in [7, 11) is 0. The van der Waals surface area contributed by atoms with Crippen LogP contribution in [0.4, 0.5) is 17.6 Å². The maximum atomic E-state index is 14.9. The summed E-state index contributed by atoms with van der Waals surface area (Å²) in [4.78, 5) is 24.9. The van der Waals surface area contributed by atoms with Crippen LogP contribution in [0.25, 0.3) is 11.1 Å². The number of rotatable bonds is 8. The highest BCUT2D eigenvalue weighted by atomic mass is 19.4. The monoisotopic (exact) mass is 486 g/mol. The number of hydrogen-bond acceptors (Lipinski definition) is 5. The molecule has 0 bridgehead atoms. The fraction of sp³-hybridized carbons (Fsp3) is 0.478. The minimum atomic E-state index is -4.86. The van der Waals surface area contributed by atoms with Crippen molar-refractivity contribution < 1.29 is 36.6 Å². The van der Waals surface area contributed by atoms with Gasteiger partial charge in [-0.05, 0) is 36.6 Å². The number of H-pyrrole nitrogens is 1. The summed E-state index contributed by atoms with van der Waals surface area (Å²) in [5.41, 5.74) is 0.178. The number of nitrogens with one attached hydrogen (secondary N) is 1. The summed E-state index contributed by atoms with van der Waals surface area (Å²) in [6.07, 6.45) is -5.52. The van der Waals surface area contributed by atoms with Gasteiger partial charge < -0.3 is 24.9 Å². The average molecular weight is 486 g/mol. The zero-order valence-corrected chi connectivity index (χ0v) is 18.7. The largest absolute Gasteiger partial charge is 0.491 e. The summed E-state index contributed by atoms with van der Waals surface area (Å²) < 4.78 is 72.2. The summed E-state index contributed by atoms with van der Waals surface area (Å²) in [5.74, 6) is -0.812. The van der Waals surface area contributed by atoms with Crippen LogP contribution in [0.2, 0.25) is 0 Å². The van der Waals surface area contributed by atoms with Crippen molar-refractivity contribution in [3.63, 3.8) is 0 Å². The number of nitrogens with two attached hydrogens (primary N) is 1. The maximum Gasteiger partial charge on any atom is 0.431 e. The van der Waals surface area contributed by atoms with E-state index in [2.05, 4.69) is 0 Å². The zero-order chi connectivity index (χ0) is 25.1. The second kappa shape index (κ2) is 10.1. The van der Waals surface area contributed by atoms with E-state index in [1.165, 1.54) is 24.3 Å². The Morgan fingerprint density at radius 2 is 1.79 bits per heavy atom. The number of benzene rings is 1. The van der Waals surface area contributed by atoms with Crippen molar-refractivity contribution in [1.29, 1.82) is 0 Å². The van der Waals surface area contributed by atoms with Gasteiger partial charge in [0.05, 0.1) is 13.2 Å². The molecular weight excluding hydrogens is 460 g/mol. The number of amides is 1. The molecule has 1 amide bonds. The molecule has 3 rings (SSSR count). The molecule has 2 heterocycles. The second-order valence-corrected chi connectivity index (χ2v) is 8.02. The lowest BCUT2D eigenvalue weighted by Gasteiger charge is -2.38. The molecule has 0 spiro atoms. The number of carbonyl (C=O) groups excluding carboxylic acids is 1. The number of primary amides is 1. The van der Waals surface area contributed by atoms with E-state index in [-0.39, 0.29) is 38.2 Å². The number of hydrogen-bond donors (Lipinski definition) is 2. The van der Waals surface area contributed by atoms with Gasteiger partial charge in [0.25, 0.3) is 11.5 Å². The van der Waals surface area contributed by atoms with Gasteiger partial charge in [0, 0.05) is 5.56 Å². The molecule has 2 unspecified atom stereocenters. The molecule has 0 aliphatic carbocycles. The Morgan fingerprint density at radius 3 is 2.35 bits per heavy atom. The van der Waals surface area contributed by atoms with Gasteiger partial charge in [-0.2, -0.15) is 13.2 Å². The van der Waals surface area contributed by atoms with Gasteiger partial charge in [-0.15, -0.1) is 0 Å². The van der Waals surface area contributed by atoms with Crippen LogP contribution in [-0.4, -0.2) is 48.6 Å². The first-order chi connectivity index (χ1) is 16.0. The van der Waals surface area contributed by atoms with Crippen molar-refractivity contribution >= 4 is 5.91 Å². The third kappa shape index (κ3) is 5.58. The molecular formula is C23H26F4N2O5. The lowest BCUT2D eigenvalue weighted by Crippen LogP contribution is -2.50. The van der Waals surface area contributed by atoms with Gasteiger partial charge in [0.2, 0.25) is 0 Å². The van der Waals surface area contributed by atoms with Crippen LogP contribution in [0.1, 0.15) is 42.7 Å². The van der Waals surface area contributed by atoms with Gasteiger partial charge >= 0.3 is 6.18 Å². The SMILES string of the molecule is CCC(F)(CC)C1COCC(COc2ccc(-c3cc(C(N)=O)c(=O)[nH]c3C(F)(F)F)cc2)O1. The Labute approximate surface area is 193 Å². The molecule has 34 heavy (non-hydrogen) atoms. The van der Waals surface area contributed by atoms with E-state index < -0.39 is 52.3 Å². The van der Waals surface area contributed by atoms with Crippen LogP contribution < -0.4 is 16.0 Å². The predicted octanol–water partition coefficient (Wildman–Crippen LogP) is 3.85. The molecule has 1 fully saturated rings. The molecule has 2 atom stereocenters. The van der Waals surface area contributed by atoms with Gasteiger partial charge in [0.15, 0.2) is 0 Å². The van der Waals surface area contributed by atoms with Crippen molar-refractivity contribution in [3.05, 3.63) is 51.9 Å². The standard InChI is InChI=1S/C23H26F4N2O5/c1-3-22(24,4-2)18-12-32-10-15(34-18)11-33-14-7-5-13(6-8-14)16-9-17(20(28)30)21(31)29-19(16)23(25,26)27/h5-9,15,18H,3-4,10-12H2,1-2H3,(H2,28,30)(H,29,31). The minimum Gasteiger partial charge on any atom is -0.491 e. The highest BCUT2D eigenvalue weighted by molar-refractivity contribution is 5.94. The molecule has 0 radical (unpaired) electrons. The minimum absolute atomic E-state index is 0.0532. The maximum absolute atomic E-state index is 14.9. The molecule has 0 saturated carbocycles. The van der Waals surface area contributed by atoms with E-state index >= 15 is 0 Å². The lowest BCUT2D eigenvalue weighted by atomic mass is 9.92. The van der Waals surface area contributed by atoms with Crippen LogP contribution in [0.3, 0.4) is 0 Å². The molecule has 1 aliphatic rings. The summed E-state index contributed by atoms with van der Waals surface area (Å²) in [5, 5.41) is 0. The number of aromatic amines is 1. The molecule has 186 valence electrons. The quantitative estimate of drug-likeness (QED) is 0.552. The number of aromatic nitrogens is 1. The van der Waals surface area contributed by atoms with Crippen molar-refractivity contribution in [2.24, 2.45) is 5.73 Å². The average Bonchev–Trinajstić information content (AvgIpc) is 2.82. The van der Waals surface area contributed by atoms with Crippen molar-refractivity contribution in [2.75, 3.05) is 19.8 Å². The smallest absolute Gasteiger partial charge is 0.431 e. The topological polar surface area (TPSA) is 104 Å². The highest BCUT2D eigenvalue weighted by Gasteiger charge is 2.41. The number of halogens is 4. The second-order valence-electron chi connectivity index (χ2n) is 8.02. The zero-order valence-electron chi connectivity index (χ0n) is 18.7. The highest BCUT2D eigenvalue weighted by Crippen LogP contribution is 2.36. The third-order valence-electron chi connectivity index (χ3n) is 5.87. The Bertz CT molecular complexity index is 1060. The fourth-order valence-electron chi connectivity index (χ4n) is 3.77. The van der Waals surface area contributed by atoms with Crippen molar-refractivity contribution in [3.8, 4) is 16.9 Å². The number of carbonyl (C=O) groups is 1. The van der Waals surface area contributed by atoms with E-state index in [9.17, 15) is 27.2 Å². The Balaban J connectivity index is 1.75. The first kappa shape index (κ1) is 25.7. The van der Waals surface area contributed by atoms with E-state index in [4.69, 9.17) is 19.9 Å². The molecule has 1 aromatic carbocycles. The van der Waals surface area contributed by atoms with Gasteiger partial charge in [-0.25, -0.2) is 4.39 Å². The summed E-state index contributed by atoms with van der Waals surface area (Å²) >= 11 is 0.